The molecule has 2 atom stereocenters. The van der Waals surface area contributed by atoms with Crippen molar-refractivity contribution in [2.24, 2.45) is 11.3 Å². The third-order valence-corrected chi connectivity index (χ3v) is 4.65. The molecule has 2 unspecified atom stereocenters. The van der Waals surface area contributed by atoms with Gasteiger partial charge in [-0.25, -0.2) is 4.98 Å². The fraction of sp³-hybridized carbons (Fsp3) is 0.316. The Morgan fingerprint density at radius 3 is 2.81 bits per heavy atom. The zero-order chi connectivity index (χ0) is 14.3. The minimum atomic E-state index is 0.211. The van der Waals surface area contributed by atoms with E-state index >= 15 is 0 Å². The molecule has 0 bridgehead atoms. The van der Waals surface area contributed by atoms with E-state index in [0.717, 1.165) is 24.7 Å². The number of benzene rings is 1. The normalized spacial score (nSPS) is 26.0. The zero-order valence-electron chi connectivity index (χ0n) is 12.2. The topological polar surface area (TPSA) is 16.1 Å². The first kappa shape index (κ1) is 12.5. The Bertz CT molecular complexity index is 709. The first-order valence-corrected chi connectivity index (χ1v) is 7.51. The Labute approximate surface area is 125 Å². The predicted octanol–water partition coefficient (Wildman–Crippen LogP) is 3.27. The molecule has 1 saturated heterocycles. The highest BCUT2D eigenvalue weighted by Gasteiger charge is 2.59. The van der Waals surface area contributed by atoms with Gasteiger partial charge in [0.25, 0.3) is 0 Å². The highest BCUT2D eigenvalue weighted by atomic mass is 15.2. The lowest BCUT2D eigenvalue weighted by Gasteiger charge is -2.21. The molecule has 1 aliphatic heterocycles. The van der Waals surface area contributed by atoms with Crippen molar-refractivity contribution in [2.45, 2.75) is 13.3 Å². The number of anilines is 1. The Hall–Kier alpha value is -2.27. The van der Waals surface area contributed by atoms with Gasteiger partial charge in [-0.2, -0.15) is 0 Å². The van der Waals surface area contributed by atoms with E-state index in [1.54, 1.807) is 6.20 Å². The quantitative estimate of drug-likeness (QED) is 0.742. The van der Waals surface area contributed by atoms with Crippen molar-refractivity contribution in [3.63, 3.8) is 0 Å². The van der Waals surface area contributed by atoms with E-state index in [9.17, 15) is 0 Å². The van der Waals surface area contributed by atoms with Crippen molar-refractivity contribution in [1.29, 1.82) is 0 Å². The Kier molecular flexibility index (Phi) is 2.75. The molecule has 2 heterocycles. The second kappa shape index (κ2) is 4.63. The van der Waals surface area contributed by atoms with Crippen LogP contribution in [0.25, 0.3) is 0 Å². The van der Waals surface area contributed by atoms with E-state index in [4.69, 9.17) is 0 Å². The van der Waals surface area contributed by atoms with E-state index in [1.165, 1.54) is 17.7 Å². The molecule has 21 heavy (non-hydrogen) atoms. The molecule has 0 spiro atoms. The van der Waals surface area contributed by atoms with Gasteiger partial charge >= 0.3 is 0 Å². The van der Waals surface area contributed by atoms with Crippen LogP contribution in [-0.2, 0) is 0 Å². The molecule has 2 aliphatic rings. The van der Waals surface area contributed by atoms with Crippen LogP contribution in [0.1, 0.15) is 17.7 Å². The van der Waals surface area contributed by atoms with Crippen LogP contribution < -0.4 is 4.90 Å². The molecule has 2 fully saturated rings. The Morgan fingerprint density at radius 2 is 2.05 bits per heavy atom. The molecule has 1 aliphatic carbocycles. The summed E-state index contributed by atoms with van der Waals surface area (Å²) in [5.74, 6) is 7.50. The molecule has 0 radical (unpaired) electrons. The number of nitrogens with zero attached hydrogens (tertiary/aromatic N) is 2. The smallest absolute Gasteiger partial charge is 0.113 e. The van der Waals surface area contributed by atoms with Crippen LogP contribution in [0.2, 0.25) is 0 Å². The van der Waals surface area contributed by atoms with E-state index in [1.807, 2.05) is 18.2 Å². The number of hydrogen-bond acceptors (Lipinski definition) is 2. The average molecular weight is 274 g/mol. The average Bonchev–Trinajstić information content (AvgIpc) is 3.08. The van der Waals surface area contributed by atoms with Gasteiger partial charge in [-0.15, -0.1) is 0 Å². The summed E-state index contributed by atoms with van der Waals surface area (Å²) in [6, 6.07) is 14.7. The van der Waals surface area contributed by atoms with E-state index in [0.29, 0.717) is 0 Å². The fourth-order valence-corrected chi connectivity index (χ4v) is 3.25. The molecule has 1 saturated carbocycles. The number of fused-ring (bicyclic) bond motifs is 1. The summed E-state index contributed by atoms with van der Waals surface area (Å²) in [5.41, 5.74) is 3.73. The second-order valence-electron chi connectivity index (χ2n) is 6.24. The van der Waals surface area contributed by atoms with Crippen molar-refractivity contribution >= 4 is 5.69 Å². The Morgan fingerprint density at radius 1 is 1.19 bits per heavy atom. The van der Waals surface area contributed by atoms with Crippen molar-refractivity contribution in [3.8, 4) is 11.8 Å². The van der Waals surface area contributed by atoms with E-state index in [-0.39, 0.29) is 5.41 Å². The summed E-state index contributed by atoms with van der Waals surface area (Å²) in [4.78, 5) is 6.76. The van der Waals surface area contributed by atoms with E-state index in [2.05, 4.69) is 52.9 Å². The zero-order valence-corrected chi connectivity index (χ0v) is 12.2. The summed E-state index contributed by atoms with van der Waals surface area (Å²) in [6.07, 6.45) is 3.05. The number of piperidine rings is 1. The maximum atomic E-state index is 4.29. The van der Waals surface area contributed by atoms with Crippen LogP contribution in [0.5, 0.6) is 0 Å². The summed E-state index contributed by atoms with van der Waals surface area (Å²) in [7, 11) is 0. The third-order valence-electron chi connectivity index (χ3n) is 4.65. The molecule has 0 N–H and O–H groups in total. The summed E-state index contributed by atoms with van der Waals surface area (Å²) in [5, 5.41) is 0. The van der Waals surface area contributed by atoms with Gasteiger partial charge in [-0.05, 0) is 49.4 Å². The van der Waals surface area contributed by atoms with Crippen LogP contribution in [0, 0.1) is 30.1 Å². The van der Waals surface area contributed by atoms with Crippen LogP contribution in [0.15, 0.2) is 48.7 Å². The minimum Gasteiger partial charge on any atom is -0.370 e. The third kappa shape index (κ3) is 2.29. The Balaban J connectivity index is 1.52. The van der Waals surface area contributed by atoms with Crippen LogP contribution in [0.3, 0.4) is 0 Å². The van der Waals surface area contributed by atoms with Crippen LogP contribution in [-0.4, -0.2) is 18.1 Å². The van der Waals surface area contributed by atoms with Gasteiger partial charge in [0.15, 0.2) is 0 Å². The number of aromatic nitrogens is 1. The molecule has 4 rings (SSSR count). The molecule has 0 amide bonds. The van der Waals surface area contributed by atoms with Crippen LogP contribution >= 0.6 is 0 Å². The molecule has 1 aromatic heterocycles. The van der Waals surface area contributed by atoms with Gasteiger partial charge in [0, 0.05) is 25.0 Å². The molecule has 2 nitrogen and oxygen atoms in total. The number of hydrogen-bond donors (Lipinski definition) is 0. The lowest BCUT2D eigenvalue weighted by atomic mass is 10.1. The monoisotopic (exact) mass is 274 g/mol. The molecular formula is C19H18N2. The number of pyridine rings is 1. The van der Waals surface area contributed by atoms with Crippen molar-refractivity contribution in [3.05, 3.63) is 59.9 Å². The van der Waals surface area contributed by atoms with Gasteiger partial charge in [0.1, 0.15) is 5.69 Å². The lowest BCUT2D eigenvalue weighted by Crippen LogP contribution is -2.24. The van der Waals surface area contributed by atoms with Crippen molar-refractivity contribution in [1.82, 2.24) is 4.98 Å². The van der Waals surface area contributed by atoms with Crippen LogP contribution in [0.4, 0.5) is 5.69 Å². The molecular weight excluding hydrogens is 256 g/mol. The SMILES string of the molecule is Cc1ccc(N2CC3CC3(C#Cc3ccccn3)C2)cc1. The maximum absolute atomic E-state index is 4.29. The summed E-state index contributed by atoms with van der Waals surface area (Å²) >= 11 is 0. The largest absolute Gasteiger partial charge is 0.370 e. The van der Waals surface area contributed by atoms with Crippen molar-refractivity contribution in [2.75, 3.05) is 18.0 Å². The first-order chi connectivity index (χ1) is 10.3. The molecule has 104 valence electrons. The standard InChI is InChI=1S/C19H18N2/c1-15-5-7-18(8-6-15)21-13-16-12-19(16,14-21)10-9-17-4-2-3-11-20-17/h2-8,11,16H,12-14H2,1H3. The van der Waals surface area contributed by atoms with Gasteiger partial charge in [0.05, 0.1) is 5.41 Å². The lowest BCUT2D eigenvalue weighted by molar-refractivity contribution is 0.706. The highest BCUT2D eigenvalue weighted by Crippen LogP contribution is 2.57. The summed E-state index contributed by atoms with van der Waals surface area (Å²) < 4.78 is 0. The number of aryl methyl sites for hydroxylation is 1. The van der Waals surface area contributed by atoms with Crippen molar-refractivity contribution < 1.29 is 0 Å². The van der Waals surface area contributed by atoms with Gasteiger partial charge in [-0.1, -0.05) is 29.7 Å². The van der Waals surface area contributed by atoms with Gasteiger partial charge in [-0.3, -0.25) is 0 Å². The first-order valence-electron chi connectivity index (χ1n) is 7.51. The fourth-order valence-electron chi connectivity index (χ4n) is 3.25. The highest BCUT2D eigenvalue weighted by molar-refractivity contribution is 5.52. The molecule has 1 aromatic carbocycles. The second-order valence-corrected chi connectivity index (χ2v) is 6.24. The van der Waals surface area contributed by atoms with Gasteiger partial charge < -0.3 is 4.90 Å². The summed E-state index contributed by atoms with van der Waals surface area (Å²) in [6.45, 7) is 4.32. The van der Waals surface area contributed by atoms with E-state index < -0.39 is 0 Å². The minimum absolute atomic E-state index is 0.211. The maximum Gasteiger partial charge on any atom is 0.113 e. The number of rotatable bonds is 1. The molecule has 2 heteroatoms. The predicted molar refractivity (Wildman–Crippen MR) is 85.0 cm³/mol. The van der Waals surface area contributed by atoms with Gasteiger partial charge in [0.2, 0.25) is 0 Å². The molecule has 2 aromatic rings.